The molecule has 7 heteroatoms. The van der Waals surface area contributed by atoms with Crippen LogP contribution in [-0.4, -0.2) is 18.0 Å². The summed E-state index contributed by atoms with van der Waals surface area (Å²) in [7, 11) is 1.26. The number of nitrogens with zero attached hydrogens (tertiary/aromatic N) is 1. The molecule has 0 atom stereocenters. The number of nitro groups is 1. The normalized spacial score (nSPS) is 10.2. The molecule has 0 aliphatic rings. The van der Waals surface area contributed by atoms with E-state index in [9.17, 15) is 14.9 Å². The maximum absolute atomic E-state index is 11.5. The zero-order valence-electron chi connectivity index (χ0n) is 10.9. The Morgan fingerprint density at radius 2 is 1.90 bits per heavy atom. The summed E-state index contributed by atoms with van der Waals surface area (Å²) in [5.74, 6) is -0.539. The molecule has 0 amide bonds. The van der Waals surface area contributed by atoms with Crippen LogP contribution in [0.15, 0.2) is 52.3 Å². The first-order chi connectivity index (χ1) is 10.0. The van der Waals surface area contributed by atoms with Crippen LogP contribution in [0.4, 0.5) is 5.69 Å². The van der Waals surface area contributed by atoms with E-state index >= 15 is 0 Å². The first-order valence-corrected chi connectivity index (χ1v) is 7.01. The van der Waals surface area contributed by atoms with Gasteiger partial charge in [-0.15, -0.1) is 0 Å². The summed E-state index contributed by atoms with van der Waals surface area (Å²) >= 11 is 6.99. The van der Waals surface area contributed by atoms with Gasteiger partial charge in [0.1, 0.15) is 0 Å². The van der Waals surface area contributed by atoms with Crippen molar-refractivity contribution in [1.82, 2.24) is 0 Å². The fraction of sp³-hybridized carbons (Fsp3) is 0.0714. The Morgan fingerprint density at radius 3 is 2.48 bits per heavy atom. The minimum atomic E-state index is -0.539. The highest BCUT2D eigenvalue weighted by molar-refractivity contribution is 7.99. The largest absolute Gasteiger partial charge is 0.465 e. The number of esters is 1. The number of hydrogen-bond donors (Lipinski definition) is 0. The van der Waals surface area contributed by atoms with Gasteiger partial charge in [0, 0.05) is 16.0 Å². The average Bonchev–Trinajstić information content (AvgIpc) is 2.48. The second-order valence-electron chi connectivity index (χ2n) is 3.99. The molecular formula is C14H10ClNO4S. The van der Waals surface area contributed by atoms with Crippen LogP contribution in [0, 0.1) is 10.1 Å². The highest BCUT2D eigenvalue weighted by Gasteiger charge is 2.18. The average molecular weight is 324 g/mol. The summed E-state index contributed by atoms with van der Waals surface area (Å²) < 4.78 is 4.62. The van der Waals surface area contributed by atoms with Gasteiger partial charge in [-0.25, -0.2) is 4.79 Å². The fourth-order valence-electron chi connectivity index (χ4n) is 1.62. The topological polar surface area (TPSA) is 69.4 Å². The number of carbonyl (C=O) groups is 1. The van der Waals surface area contributed by atoms with Crippen molar-refractivity contribution < 1.29 is 14.5 Å². The van der Waals surface area contributed by atoms with Gasteiger partial charge in [-0.1, -0.05) is 23.4 Å². The number of rotatable bonds is 4. The SMILES string of the molecule is COC(=O)c1ccc([N+](=O)[O-])c(Sc2ccc(Cl)cc2)c1. The fourth-order valence-corrected chi connectivity index (χ4v) is 2.71. The van der Waals surface area contributed by atoms with Crippen molar-refractivity contribution >= 4 is 35.0 Å². The van der Waals surface area contributed by atoms with Gasteiger partial charge in [0.15, 0.2) is 0 Å². The molecule has 21 heavy (non-hydrogen) atoms. The van der Waals surface area contributed by atoms with E-state index in [1.54, 1.807) is 24.3 Å². The Balaban J connectivity index is 2.40. The van der Waals surface area contributed by atoms with Gasteiger partial charge in [0.25, 0.3) is 5.69 Å². The molecule has 2 aromatic carbocycles. The number of hydrogen-bond acceptors (Lipinski definition) is 5. The van der Waals surface area contributed by atoms with E-state index in [1.165, 1.54) is 37.1 Å². The number of carbonyl (C=O) groups excluding carboxylic acids is 1. The quantitative estimate of drug-likeness (QED) is 0.479. The van der Waals surface area contributed by atoms with E-state index in [1.807, 2.05) is 0 Å². The van der Waals surface area contributed by atoms with Crippen molar-refractivity contribution in [3.05, 3.63) is 63.2 Å². The van der Waals surface area contributed by atoms with E-state index in [-0.39, 0.29) is 11.3 Å². The van der Waals surface area contributed by atoms with Crippen LogP contribution < -0.4 is 0 Å². The highest BCUT2D eigenvalue weighted by Crippen LogP contribution is 2.36. The van der Waals surface area contributed by atoms with E-state index in [0.717, 1.165) is 4.90 Å². The van der Waals surface area contributed by atoms with Gasteiger partial charge >= 0.3 is 5.97 Å². The van der Waals surface area contributed by atoms with E-state index < -0.39 is 10.9 Å². The number of methoxy groups -OCH3 is 1. The molecule has 0 radical (unpaired) electrons. The van der Waals surface area contributed by atoms with Crippen molar-refractivity contribution in [3.63, 3.8) is 0 Å². The Morgan fingerprint density at radius 1 is 1.24 bits per heavy atom. The predicted octanol–water partition coefficient (Wildman–Crippen LogP) is 4.19. The van der Waals surface area contributed by atoms with Crippen molar-refractivity contribution in [2.45, 2.75) is 9.79 Å². The molecule has 0 N–H and O–H groups in total. The second kappa shape index (κ2) is 6.60. The van der Waals surface area contributed by atoms with Crippen molar-refractivity contribution in [1.29, 1.82) is 0 Å². The summed E-state index contributed by atoms with van der Waals surface area (Å²) in [5, 5.41) is 11.7. The minimum absolute atomic E-state index is 0.0670. The Kier molecular flexibility index (Phi) is 4.82. The lowest BCUT2D eigenvalue weighted by Crippen LogP contribution is -2.02. The Hall–Kier alpha value is -2.05. The molecule has 0 spiro atoms. The Labute approximate surface area is 130 Å². The zero-order chi connectivity index (χ0) is 15.4. The lowest BCUT2D eigenvalue weighted by atomic mass is 10.2. The summed E-state index contributed by atoms with van der Waals surface area (Å²) in [6, 6.07) is 11.0. The second-order valence-corrected chi connectivity index (χ2v) is 5.54. The van der Waals surface area contributed by atoms with Crippen LogP contribution in [-0.2, 0) is 4.74 Å². The molecule has 2 aromatic rings. The number of ether oxygens (including phenoxy) is 1. The molecule has 0 aliphatic heterocycles. The maximum atomic E-state index is 11.5. The van der Waals surface area contributed by atoms with Crippen LogP contribution in [0.3, 0.4) is 0 Å². The van der Waals surface area contributed by atoms with Crippen LogP contribution in [0.1, 0.15) is 10.4 Å². The first-order valence-electron chi connectivity index (χ1n) is 5.81. The lowest BCUT2D eigenvalue weighted by Gasteiger charge is -2.05. The standard InChI is InChI=1S/C14H10ClNO4S/c1-20-14(17)9-2-7-12(16(18)19)13(8-9)21-11-5-3-10(15)4-6-11/h2-8H,1H3. The number of nitro benzene ring substituents is 1. The van der Waals surface area contributed by atoms with Crippen molar-refractivity contribution in [2.75, 3.05) is 7.11 Å². The van der Waals surface area contributed by atoms with Crippen molar-refractivity contribution in [3.8, 4) is 0 Å². The van der Waals surface area contributed by atoms with Gasteiger partial charge in [-0.3, -0.25) is 10.1 Å². The third kappa shape index (κ3) is 3.74. The molecule has 0 bridgehead atoms. The minimum Gasteiger partial charge on any atom is -0.465 e. The van der Waals surface area contributed by atoms with Crippen LogP contribution in [0.5, 0.6) is 0 Å². The monoisotopic (exact) mass is 323 g/mol. The van der Waals surface area contributed by atoms with Crippen LogP contribution in [0.25, 0.3) is 0 Å². The van der Waals surface area contributed by atoms with Gasteiger partial charge in [0.05, 0.1) is 22.5 Å². The van der Waals surface area contributed by atoms with Gasteiger partial charge in [-0.2, -0.15) is 0 Å². The van der Waals surface area contributed by atoms with Gasteiger partial charge in [-0.05, 0) is 36.4 Å². The van der Waals surface area contributed by atoms with Crippen LogP contribution >= 0.6 is 23.4 Å². The van der Waals surface area contributed by atoms with E-state index in [2.05, 4.69) is 4.74 Å². The molecule has 0 saturated carbocycles. The molecule has 2 rings (SSSR count). The number of halogens is 1. The molecule has 108 valence electrons. The smallest absolute Gasteiger partial charge is 0.337 e. The third-order valence-electron chi connectivity index (χ3n) is 2.62. The molecule has 0 aliphatic carbocycles. The molecule has 0 fully saturated rings. The van der Waals surface area contributed by atoms with Crippen molar-refractivity contribution in [2.24, 2.45) is 0 Å². The number of benzene rings is 2. The molecule has 0 unspecified atom stereocenters. The van der Waals surface area contributed by atoms with Gasteiger partial charge in [0.2, 0.25) is 0 Å². The summed E-state index contributed by atoms with van der Waals surface area (Å²) in [4.78, 5) is 23.3. The maximum Gasteiger partial charge on any atom is 0.337 e. The van der Waals surface area contributed by atoms with E-state index in [0.29, 0.717) is 9.92 Å². The zero-order valence-corrected chi connectivity index (χ0v) is 12.5. The van der Waals surface area contributed by atoms with Gasteiger partial charge < -0.3 is 4.74 Å². The summed E-state index contributed by atoms with van der Waals surface area (Å²) in [5.41, 5.74) is 0.196. The molecule has 5 nitrogen and oxygen atoms in total. The molecular weight excluding hydrogens is 314 g/mol. The van der Waals surface area contributed by atoms with Crippen LogP contribution in [0.2, 0.25) is 5.02 Å². The summed E-state index contributed by atoms with van der Waals surface area (Å²) in [6.07, 6.45) is 0. The molecule has 0 aromatic heterocycles. The summed E-state index contributed by atoms with van der Waals surface area (Å²) in [6.45, 7) is 0. The first kappa shape index (κ1) is 15.3. The Bertz CT molecular complexity index is 688. The predicted molar refractivity (Wildman–Crippen MR) is 80.0 cm³/mol. The van der Waals surface area contributed by atoms with E-state index in [4.69, 9.17) is 11.6 Å². The molecule has 0 saturated heterocycles. The molecule has 0 heterocycles. The highest BCUT2D eigenvalue weighted by atomic mass is 35.5. The third-order valence-corrected chi connectivity index (χ3v) is 3.93. The lowest BCUT2D eigenvalue weighted by molar-refractivity contribution is -0.387.